The van der Waals surface area contributed by atoms with Crippen molar-refractivity contribution >= 4 is 33.7 Å². The maximum atomic E-state index is 12.5. The second-order valence-corrected chi connectivity index (χ2v) is 5.20. The third-order valence-corrected chi connectivity index (χ3v) is 3.93. The molecule has 1 aromatic carbocycles. The zero-order chi connectivity index (χ0) is 12.7. The van der Waals surface area contributed by atoms with E-state index in [0.717, 1.165) is 10.0 Å². The van der Waals surface area contributed by atoms with Crippen LogP contribution in [0.3, 0.4) is 0 Å². The Morgan fingerprint density at radius 1 is 1.11 bits per heavy atom. The minimum Gasteiger partial charge on any atom is -0.345 e. The summed E-state index contributed by atoms with van der Waals surface area (Å²) in [7, 11) is 0. The molecule has 1 aliphatic heterocycles. The first-order valence-corrected chi connectivity index (χ1v) is 6.46. The van der Waals surface area contributed by atoms with Gasteiger partial charge in [-0.1, -0.05) is 46.3 Å². The molecule has 0 saturated carbocycles. The average molecular weight is 304 g/mol. The van der Waals surface area contributed by atoms with Gasteiger partial charge in [0.25, 0.3) is 0 Å². The van der Waals surface area contributed by atoms with E-state index in [1.807, 2.05) is 30.4 Å². The Kier molecular flexibility index (Phi) is 2.67. The van der Waals surface area contributed by atoms with Gasteiger partial charge in [0.2, 0.25) is 5.91 Å². The molecule has 0 spiro atoms. The van der Waals surface area contributed by atoms with Gasteiger partial charge in [0.15, 0.2) is 5.78 Å². The number of halogens is 1. The Bertz CT molecular complexity index is 604. The van der Waals surface area contributed by atoms with Gasteiger partial charge in [-0.25, -0.2) is 0 Å². The number of ketones is 1. The number of carbonyl (C=O) groups excluding carboxylic acids is 2. The predicted molar refractivity (Wildman–Crippen MR) is 72.1 cm³/mol. The van der Waals surface area contributed by atoms with Crippen molar-refractivity contribution in [1.82, 2.24) is 5.32 Å². The van der Waals surface area contributed by atoms with Crippen LogP contribution >= 0.6 is 15.9 Å². The highest BCUT2D eigenvalue weighted by Gasteiger charge is 2.32. The van der Waals surface area contributed by atoms with Crippen molar-refractivity contribution in [3.05, 3.63) is 52.0 Å². The van der Waals surface area contributed by atoms with Crippen LogP contribution in [0.15, 0.2) is 40.9 Å². The van der Waals surface area contributed by atoms with E-state index in [4.69, 9.17) is 0 Å². The molecule has 1 amide bonds. The Morgan fingerprint density at radius 3 is 2.78 bits per heavy atom. The monoisotopic (exact) mass is 303 g/mol. The summed E-state index contributed by atoms with van der Waals surface area (Å²) in [5.74, 6) is -0.425. The Morgan fingerprint density at radius 2 is 1.94 bits per heavy atom. The van der Waals surface area contributed by atoms with Gasteiger partial charge in [-0.15, -0.1) is 0 Å². The summed E-state index contributed by atoms with van der Waals surface area (Å²) in [6.07, 6.45) is 6.88. The lowest BCUT2D eigenvalue weighted by Gasteiger charge is -2.23. The van der Waals surface area contributed by atoms with Crippen LogP contribution in [0.4, 0.5) is 0 Å². The third-order valence-electron chi connectivity index (χ3n) is 3.24. The molecule has 0 aromatic heterocycles. The molecule has 1 aliphatic carbocycles. The largest absolute Gasteiger partial charge is 0.345 e. The van der Waals surface area contributed by atoms with Crippen molar-refractivity contribution in [3.8, 4) is 0 Å². The SMILES string of the molecule is O=C1C=CC2C(=O)c3cccc(Br)c3C=CC2N1. The molecule has 0 bridgehead atoms. The molecule has 2 aliphatic rings. The molecule has 1 heterocycles. The maximum Gasteiger partial charge on any atom is 0.244 e. The minimum absolute atomic E-state index is 0.0394. The topological polar surface area (TPSA) is 46.2 Å². The fourth-order valence-corrected chi connectivity index (χ4v) is 2.83. The van der Waals surface area contributed by atoms with E-state index in [9.17, 15) is 9.59 Å². The zero-order valence-corrected chi connectivity index (χ0v) is 11.0. The second-order valence-electron chi connectivity index (χ2n) is 4.34. The van der Waals surface area contributed by atoms with Crippen molar-refractivity contribution in [2.75, 3.05) is 0 Å². The summed E-state index contributed by atoms with van der Waals surface area (Å²) in [6.45, 7) is 0. The quantitative estimate of drug-likeness (QED) is 0.799. The predicted octanol–water partition coefficient (Wildman–Crippen LogP) is 2.33. The number of carbonyl (C=O) groups is 2. The fourth-order valence-electron chi connectivity index (χ4n) is 2.33. The van der Waals surface area contributed by atoms with Crippen LogP contribution in [-0.4, -0.2) is 17.7 Å². The molecular formula is C14H10BrNO2. The number of nitrogens with one attached hydrogen (secondary N) is 1. The number of benzene rings is 1. The van der Waals surface area contributed by atoms with Gasteiger partial charge >= 0.3 is 0 Å². The van der Waals surface area contributed by atoms with Gasteiger partial charge in [0, 0.05) is 10.0 Å². The first-order chi connectivity index (χ1) is 8.66. The van der Waals surface area contributed by atoms with Crippen molar-refractivity contribution < 1.29 is 9.59 Å². The number of fused-ring (bicyclic) bond motifs is 2. The molecule has 2 unspecified atom stereocenters. The smallest absolute Gasteiger partial charge is 0.244 e. The Balaban J connectivity index is 2.15. The van der Waals surface area contributed by atoms with Crippen LogP contribution in [0.5, 0.6) is 0 Å². The van der Waals surface area contributed by atoms with Crippen molar-refractivity contribution in [3.63, 3.8) is 0 Å². The lowest BCUT2D eigenvalue weighted by atomic mass is 9.89. The molecule has 2 atom stereocenters. The van der Waals surface area contributed by atoms with Gasteiger partial charge < -0.3 is 5.32 Å². The van der Waals surface area contributed by atoms with Crippen LogP contribution in [0.25, 0.3) is 6.08 Å². The number of amides is 1. The van der Waals surface area contributed by atoms with E-state index in [2.05, 4.69) is 21.2 Å². The van der Waals surface area contributed by atoms with Crippen LogP contribution in [0.2, 0.25) is 0 Å². The second kappa shape index (κ2) is 4.21. The lowest BCUT2D eigenvalue weighted by molar-refractivity contribution is -0.117. The standard InChI is InChI=1S/C14H10BrNO2/c15-11-3-1-2-9-8(11)4-6-12-10(14(9)18)5-7-13(17)16-12/h1-7,10,12H,(H,16,17). The number of Topliss-reactive ketones (excluding diaryl/α,β-unsaturated/α-hetero) is 1. The first kappa shape index (κ1) is 11.4. The highest BCUT2D eigenvalue weighted by molar-refractivity contribution is 9.10. The van der Waals surface area contributed by atoms with Crippen LogP contribution in [-0.2, 0) is 4.79 Å². The molecule has 0 saturated heterocycles. The summed E-state index contributed by atoms with van der Waals surface area (Å²) in [4.78, 5) is 23.8. The van der Waals surface area contributed by atoms with E-state index in [1.54, 1.807) is 6.08 Å². The van der Waals surface area contributed by atoms with Crippen molar-refractivity contribution in [1.29, 1.82) is 0 Å². The summed E-state index contributed by atoms with van der Waals surface area (Å²) < 4.78 is 0.888. The molecule has 18 heavy (non-hydrogen) atoms. The van der Waals surface area contributed by atoms with Gasteiger partial charge in [-0.3, -0.25) is 9.59 Å². The maximum absolute atomic E-state index is 12.5. The summed E-state index contributed by atoms with van der Waals surface area (Å²) in [6, 6.07) is 5.31. The van der Waals surface area contributed by atoms with Gasteiger partial charge in [-0.2, -0.15) is 0 Å². The van der Waals surface area contributed by atoms with Crippen LogP contribution in [0.1, 0.15) is 15.9 Å². The molecule has 0 fully saturated rings. The molecule has 1 aromatic rings. The summed E-state index contributed by atoms with van der Waals surface area (Å²) in [5.41, 5.74) is 1.56. The van der Waals surface area contributed by atoms with Crippen LogP contribution in [0, 0.1) is 5.92 Å². The third kappa shape index (κ3) is 1.73. The Labute approximate surface area is 113 Å². The number of hydrogen-bond donors (Lipinski definition) is 1. The lowest BCUT2D eigenvalue weighted by Crippen LogP contribution is -2.43. The molecule has 3 rings (SSSR count). The zero-order valence-electron chi connectivity index (χ0n) is 9.39. The van der Waals surface area contributed by atoms with Crippen LogP contribution < -0.4 is 5.32 Å². The van der Waals surface area contributed by atoms with Gasteiger partial charge in [0.05, 0.1) is 12.0 Å². The summed E-state index contributed by atoms with van der Waals surface area (Å²) >= 11 is 3.45. The van der Waals surface area contributed by atoms with E-state index in [-0.39, 0.29) is 23.7 Å². The van der Waals surface area contributed by atoms with E-state index in [0.29, 0.717) is 5.56 Å². The molecule has 3 nitrogen and oxygen atoms in total. The number of hydrogen-bond acceptors (Lipinski definition) is 2. The van der Waals surface area contributed by atoms with E-state index in [1.165, 1.54) is 6.08 Å². The first-order valence-electron chi connectivity index (χ1n) is 5.66. The normalized spacial score (nSPS) is 25.2. The van der Waals surface area contributed by atoms with E-state index < -0.39 is 0 Å². The molecule has 0 radical (unpaired) electrons. The number of rotatable bonds is 0. The molecular weight excluding hydrogens is 294 g/mol. The molecule has 1 N–H and O–H groups in total. The van der Waals surface area contributed by atoms with Gasteiger partial charge in [-0.05, 0) is 17.7 Å². The highest BCUT2D eigenvalue weighted by Crippen LogP contribution is 2.30. The van der Waals surface area contributed by atoms with E-state index >= 15 is 0 Å². The molecule has 90 valence electrons. The highest BCUT2D eigenvalue weighted by atomic mass is 79.9. The average Bonchev–Trinajstić information content (AvgIpc) is 2.49. The fraction of sp³-hybridized carbons (Fsp3) is 0.143. The van der Waals surface area contributed by atoms with Gasteiger partial charge in [0.1, 0.15) is 0 Å². The minimum atomic E-state index is -0.311. The van der Waals surface area contributed by atoms with Crippen molar-refractivity contribution in [2.45, 2.75) is 6.04 Å². The molecule has 4 heteroatoms. The van der Waals surface area contributed by atoms with Crippen molar-refractivity contribution in [2.24, 2.45) is 5.92 Å². The summed E-state index contributed by atoms with van der Waals surface area (Å²) in [5, 5.41) is 2.79. The Hall–Kier alpha value is -1.68.